The molecule has 1 aromatic heterocycles. The molecule has 2 aromatic rings. The smallest absolute Gasteiger partial charge is 0.171 e. The maximum Gasteiger partial charge on any atom is 0.171 e. The highest BCUT2D eigenvalue weighted by Gasteiger charge is 2.17. The van der Waals surface area contributed by atoms with Crippen LogP contribution in [-0.4, -0.2) is 33.7 Å². The molecule has 19 heavy (non-hydrogen) atoms. The first-order valence-electron chi connectivity index (χ1n) is 8.47. The van der Waals surface area contributed by atoms with Gasteiger partial charge in [-0.2, -0.15) is 4.80 Å². The lowest BCUT2D eigenvalue weighted by Crippen LogP contribution is -2.20. The van der Waals surface area contributed by atoms with E-state index in [9.17, 15) is 0 Å². The highest BCUT2D eigenvalue weighted by atomic mass is 35.5. The minimum absolute atomic E-state index is 0.117. The van der Waals surface area contributed by atoms with Gasteiger partial charge in [0.15, 0.2) is 5.82 Å². The Morgan fingerprint density at radius 1 is 1.42 bits per heavy atom. The van der Waals surface area contributed by atoms with Crippen LogP contribution in [0.5, 0.6) is 0 Å². The molecule has 1 atom stereocenters. The van der Waals surface area contributed by atoms with Crippen LogP contribution in [-0.2, 0) is 0 Å². The first-order chi connectivity index (χ1) is 11.5. The lowest BCUT2D eigenvalue weighted by molar-refractivity contribution is 0.421. The predicted octanol–water partition coefficient (Wildman–Crippen LogP) is 2.49. The topological polar surface area (TPSA) is 55.6 Å². The predicted molar refractivity (Wildman–Crippen MR) is 75.7 cm³/mol. The van der Waals surface area contributed by atoms with Crippen molar-refractivity contribution in [1.82, 2.24) is 25.5 Å². The van der Waals surface area contributed by atoms with Crippen molar-refractivity contribution in [3.63, 3.8) is 0 Å². The van der Waals surface area contributed by atoms with Crippen LogP contribution in [0.4, 0.5) is 0 Å². The fourth-order valence-corrected chi connectivity index (χ4v) is 2.01. The Morgan fingerprint density at radius 2 is 2.32 bits per heavy atom. The highest BCUT2D eigenvalue weighted by molar-refractivity contribution is 6.42. The lowest BCUT2D eigenvalue weighted by atomic mass is 10.0. The van der Waals surface area contributed by atoms with Crippen molar-refractivity contribution in [3.8, 4) is 0 Å². The van der Waals surface area contributed by atoms with Crippen molar-refractivity contribution < 1.29 is 8.22 Å². The Hall–Kier alpha value is -1.17. The molecule has 1 unspecified atom stereocenters. The van der Waals surface area contributed by atoms with Crippen LogP contribution in [0.3, 0.4) is 0 Å². The number of aryl methyl sites for hydroxylation is 1. The molecule has 2 rings (SSSR count). The minimum atomic E-state index is -2.49. The normalized spacial score (nSPS) is 18.6. The van der Waals surface area contributed by atoms with Gasteiger partial charge in [0.05, 0.1) is 16.1 Å². The van der Waals surface area contributed by atoms with E-state index < -0.39 is 19.9 Å². The Kier molecular flexibility index (Phi) is 2.73. The number of rotatable bonds is 5. The van der Waals surface area contributed by atoms with E-state index in [1.165, 1.54) is 0 Å². The zero-order chi connectivity index (χ0) is 18.8. The van der Waals surface area contributed by atoms with Gasteiger partial charge in [-0.1, -0.05) is 29.3 Å². The summed E-state index contributed by atoms with van der Waals surface area (Å²) < 4.78 is 43.6. The second kappa shape index (κ2) is 6.32. The summed E-state index contributed by atoms with van der Waals surface area (Å²) in [5.41, 5.74) is 0.649. The van der Waals surface area contributed by atoms with E-state index in [1.807, 2.05) is 0 Å². The van der Waals surface area contributed by atoms with Gasteiger partial charge in [-0.25, -0.2) is 0 Å². The average molecular weight is 306 g/mol. The molecule has 7 heteroatoms. The number of tetrazole rings is 1. The second-order valence-corrected chi connectivity index (χ2v) is 4.65. The molecule has 0 fully saturated rings. The Morgan fingerprint density at radius 3 is 3.00 bits per heavy atom. The SMILES string of the molecule is [2H]C([2H])([2H])NCCC(c1ccc(Cl)c(Cl)c1)n1nnc(C([2H])([2H])[2H])n1. The fraction of sp³-hybridized carbons (Fsp3) is 0.417. The van der Waals surface area contributed by atoms with Gasteiger partial charge in [0.2, 0.25) is 0 Å². The van der Waals surface area contributed by atoms with Gasteiger partial charge in [0, 0.05) is 8.22 Å². The van der Waals surface area contributed by atoms with Crippen molar-refractivity contribution in [2.75, 3.05) is 13.5 Å². The van der Waals surface area contributed by atoms with E-state index >= 15 is 0 Å². The maximum atomic E-state index is 7.34. The van der Waals surface area contributed by atoms with Crippen LogP contribution in [0.1, 0.15) is 32.1 Å². The van der Waals surface area contributed by atoms with Gasteiger partial charge in [0.25, 0.3) is 0 Å². The molecule has 1 N–H and O–H groups in total. The molecule has 1 aromatic carbocycles. The summed E-state index contributed by atoms with van der Waals surface area (Å²) >= 11 is 12.0. The molecule has 0 aliphatic carbocycles. The highest BCUT2D eigenvalue weighted by Crippen LogP contribution is 2.28. The Labute approximate surface area is 130 Å². The number of nitrogens with zero attached hydrogens (tertiary/aromatic N) is 4. The molecule has 0 aliphatic rings. The zero-order valence-electron chi connectivity index (χ0n) is 15.8. The van der Waals surface area contributed by atoms with Crippen LogP contribution in [0, 0.1) is 6.85 Å². The van der Waals surface area contributed by atoms with Crippen LogP contribution in [0.2, 0.25) is 10.0 Å². The van der Waals surface area contributed by atoms with Crippen LogP contribution < -0.4 is 5.32 Å². The molecule has 0 saturated carbocycles. The molecule has 0 spiro atoms. The monoisotopic (exact) mass is 305 g/mol. The van der Waals surface area contributed by atoms with Gasteiger partial charge in [0.1, 0.15) is 0 Å². The summed E-state index contributed by atoms with van der Waals surface area (Å²) in [7, 11) is 0. The van der Waals surface area contributed by atoms with Gasteiger partial charge >= 0.3 is 0 Å². The standard InChI is InChI=1S/C12H15Cl2N5/c1-8-16-18-19(17-8)12(5-6-15-2)9-3-4-10(13)11(14)7-9/h3-4,7,12,15H,5-6H2,1-2H3/i1D3,2D3. The third kappa shape index (κ3) is 3.43. The summed E-state index contributed by atoms with van der Waals surface area (Å²) in [5.74, 6) is -0.388. The molecule has 0 radical (unpaired) electrons. The maximum absolute atomic E-state index is 7.34. The summed E-state index contributed by atoms with van der Waals surface area (Å²) in [4.78, 5) is 1.14. The molecule has 0 aliphatic heterocycles. The van der Waals surface area contributed by atoms with Crippen molar-refractivity contribution in [3.05, 3.63) is 39.6 Å². The first kappa shape index (κ1) is 8.19. The molecule has 0 saturated heterocycles. The van der Waals surface area contributed by atoms with E-state index in [2.05, 4.69) is 20.7 Å². The molecule has 0 amide bonds. The van der Waals surface area contributed by atoms with Gasteiger partial charge in [-0.3, -0.25) is 0 Å². The van der Waals surface area contributed by atoms with E-state index in [-0.39, 0.29) is 18.8 Å². The van der Waals surface area contributed by atoms with Gasteiger partial charge in [-0.05, 0) is 49.7 Å². The summed E-state index contributed by atoms with van der Waals surface area (Å²) in [6.45, 7) is -4.66. The second-order valence-electron chi connectivity index (χ2n) is 3.84. The summed E-state index contributed by atoms with van der Waals surface area (Å²) in [5, 5.41) is 14.3. The number of hydrogen-bond donors (Lipinski definition) is 1. The number of nitrogens with one attached hydrogen (secondary N) is 1. The summed E-state index contributed by atoms with van der Waals surface area (Å²) in [6.07, 6.45) is 0.271. The molecular formula is C12H15Cl2N5. The number of aromatic nitrogens is 4. The number of halogens is 2. The van der Waals surface area contributed by atoms with Gasteiger partial charge in [-0.15, -0.1) is 10.2 Å². The quantitative estimate of drug-likeness (QED) is 0.922. The third-order valence-corrected chi connectivity index (χ3v) is 3.32. The number of hydrogen-bond acceptors (Lipinski definition) is 4. The number of benzene rings is 1. The molecular weight excluding hydrogens is 285 g/mol. The van der Waals surface area contributed by atoms with Crippen LogP contribution >= 0.6 is 23.2 Å². The fourth-order valence-electron chi connectivity index (χ4n) is 1.70. The van der Waals surface area contributed by atoms with E-state index in [0.29, 0.717) is 15.6 Å². The Bertz CT molecular complexity index is 730. The van der Waals surface area contributed by atoms with Crippen molar-refractivity contribution in [1.29, 1.82) is 0 Å². The molecule has 5 nitrogen and oxygen atoms in total. The van der Waals surface area contributed by atoms with Crippen molar-refractivity contribution in [2.24, 2.45) is 0 Å². The van der Waals surface area contributed by atoms with E-state index in [0.717, 1.165) is 4.80 Å². The van der Waals surface area contributed by atoms with Crippen LogP contribution in [0.25, 0.3) is 0 Å². The van der Waals surface area contributed by atoms with E-state index in [1.54, 1.807) is 18.2 Å². The van der Waals surface area contributed by atoms with E-state index in [4.69, 9.17) is 31.4 Å². The Balaban J connectivity index is 2.31. The van der Waals surface area contributed by atoms with Crippen molar-refractivity contribution >= 4 is 23.2 Å². The minimum Gasteiger partial charge on any atom is -0.320 e. The average Bonchev–Trinajstić information content (AvgIpc) is 2.95. The molecule has 1 heterocycles. The van der Waals surface area contributed by atoms with Crippen molar-refractivity contribution in [2.45, 2.75) is 19.3 Å². The summed E-state index contributed by atoms with van der Waals surface area (Å²) in [6, 6.07) is 4.31. The third-order valence-electron chi connectivity index (χ3n) is 2.58. The molecule has 0 bridgehead atoms. The zero-order valence-corrected chi connectivity index (χ0v) is 11.3. The molecule has 102 valence electrons. The van der Waals surface area contributed by atoms with Gasteiger partial charge < -0.3 is 5.32 Å². The first-order valence-corrected chi connectivity index (χ1v) is 6.23. The lowest BCUT2D eigenvalue weighted by Gasteiger charge is -2.16. The largest absolute Gasteiger partial charge is 0.320 e. The van der Waals surface area contributed by atoms with Crippen LogP contribution in [0.15, 0.2) is 18.2 Å².